The highest BCUT2D eigenvalue weighted by molar-refractivity contribution is 5.84. The molecule has 0 fully saturated rings. The van der Waals surface area contributed by atoms with Gasteiger partial charge >= 0.3 is 5.97 Å². The monoisotopic (exact) mass is 324 g/mol. The number of hydrogen-bond acceptors (Lipinski definition) is 4. The summed E-state index contributed by atoms with van der Waals surface area (Å²) in [5.74, 6) is 1.03. The van der Waals surface area contributed by atoms with Crippen LogP contribution in [0.25, 0.3) is 22.4 Å². The SMILES string of the molecule is Cc1cc2nc(-c3ccc4c(c3)OCO4)n(CC(=O)O)c2cc1C. The van der Waals surface area contributed by atoms with Crippen molar-refractivity contribution in [3.8, 4) is 22.9 Å². The van der Waals surface area contributed by atoms with Crippen molar-refractivity contribution in [2.24, 2.45) is 0 Å². The lowest BCUT2D eigenvalue weighted by Gasteiger charge is -2.08. The molecule has 0 amide bonds. The summed E-state index contributed by atoms with van der Waals surface area (Å²) in [6, 6.07) is 9.49. The summed E-state index contributed by atoms with van der Waals surface area (Å²) in [6.45, 7) is 4.07. The molecule has 0 aliphatic carbocycles. The van der Waals surface area contributed by atoms with E-state index in [9.17, 15) is 9.90 Å². The topological polar surface area (TPSA) is 73.6 Å². The number of imidazole rings is 1. The van der Waals surface area contributed by atoms with E-state index >= 15 is 0 Å². The van der Waals surface area contributed by atoms with Gasteiger partial charge in [-0.3, -0.25) is 4.79 Å². The Balaban J connectivity index is 1.95. The molecule has 2 heterocycles. The summed E-state index contributed by atoms with van der Waals surface area (Å²) in [4.78, 5) is 16.0. The number of rotatable bonds is 3. The van der Waals surface area contributed by atoms with Crippen molar-refractivity contribution in [3.05, 3.63) is 41.5 Å². The summed E-state index contributed by atoms with van der Waals surface area (Å²) >= 11 is 0. The number of ether oxygens (including phenoxy) is 2. The van der Waals surface area contributed by atoms with Crippen LogP contribution in [0.15, 0.2) is 30.3 Å². The van der Waals surface area contributed by atoms with Crippen LogP contribution in [-0.4, -0.2) is 27.4 Å². The molecule has 1 N–H and O–H groups in total. The molecule has 0 unspecified atom stereocenters. The number of aliphatic carboxylic acids is 1. The molecule has 0 spiro atoms. The van der Waals surface area contributed by atoms with Gasteiger partial charge in [-0.05, 0) is 55.3 Å². The fourth-order valence-corrected chi connectivity index (χ4v) is 2.93. The van der Waals surface area contributed by atoms with Gasteiger partial charge in [0.25, 0.3) is 0 Å². The van der Waals surface area contributed by atoms with E-state index < -0.39 is 5.97 Å². The van der Waals surface area contributed by atoms with E-state index in [1.54, 1.807) is 4.57 Å². The highest BCUT2D eigenvalue weighted by atomic mass is 16.7. The second-order valence-corrected chi connectivity index (χ2v) is 5.91. The molecule has 0 saturated carbocycles. The number of fused-ring (bicyclic) bond motifs is 2. The summed E-state index contributed by atoms with van der Waals surface area (Å²) < 4.78 is 12.5. The first-order valence-corrected chi connectivity index (χ1v) is 7.62. The van der Waals surface area contributed by atoms with Gasteiger partial charge in [-0.15, -0.1) is 0 Å². The third-order valence-corrected chi connectivity index (χ3v) is 4.29. The zero-order valence-corrected chi connectivity index (χ0v) is 13.4. The Morgan fingerprint density at radius 1 is 1.17 bits per heavy atom. The lowest BCUT2D eigenvalue weighted by atomic mass is 10.1. The second-order valence-electron chi connectivity index (χ2n) is 5.91. The first kappa shape index (κ1) is 14.6. The molecule has 4 rings (SSSR count). The molecule has 3 aromatic rings. The van der Waals surface area contributed by atoms with Gasteiger partial charge in [0, 0.05) is 5.56 Å². The molecule has 1 aliphatic rings. The van der Waals surface area contributed by atoms with Crippen LogP contribution >= 0.6 is 0 Å². The van der Waals surface area contributed by atoms with Crippen molar-refractivity contribution in [2.75, 3.05) is 6.79 Å². The van der Waals surface area contributed by atoms with E-state index in [-0.39, 0.29) is 13.3 Å². The van der Waals surface area contributed by atoms with E-state index in [0.717, 1.165) is 27.7 Å². The number of aromatic nitrogens is 2. The van der Waals surface area contributed by atoms with Gasteiger partial charge in [0.2, 0.25) is 6.79 Å². The zero-order chi connectivity index (χ0) is 16.8. The number of nitrogens with zero attached hydrogens (tertiary/aromatic N) is 2. The molecular weight excluding hydrogens is 308 g/mol. The van der Waals surface area contributed by atoms with Crippen LogP contribution < -0.4 is 9.47 Å². The third kappa shape index (κ3) is 2.27. The minimum Gasteiger partial charge on any atom is -0.480 e. The number of carbonyl (C=O) groups is 1. The average Bonchev–Trinajstić information content (AvgIpc) is 3.12. The van der Waals surface area contributed by atoms with Crippen molar-refractivity contribution in [3.63, 3.8) is 0 Å². The zero-order valence-electron chi connectivity index (χ0n) is 13.4. The Labute approximate surface area is 138 Å². The van der Waals surface area contributed by atoms with Crippen molar-refractivity contribution >= 4 is 17.0 Å². The van der Waals surface area contributed by atoms with Crippen molar-refractivity contribution in [1.82, 2.24) is 9.55 Å². The van der Waals surface area contributed by atoms with Crippen molar-refractivity contribution < 1.29 is 19.4 Å². The van der Waals surface area contributed by atoms with E-state index in [0.29, 0.717) is 17.3 Å². The largest absolute Gasteiger partial charge is 0.480 e. The van der Waals surface area contributed by atoms with E-state index in [2.05, 4.69) is 4.98 Å². The van der Waals surface area contributed by atoms with Gasteiger partial charge in [-0.25, -0.2) is 4.98 Å². The Morgan fingerprint density at radius 2 is 1.92 bits per heavy atom. The fourth-order valence-electron chi connectivity index (χ4n) is 2.93. The molecule has 24 heavy (non-hydrogen) atoms. The van der Waals surface area contributed by atoms with E-state index in [4.69, 9.17) is 9.47 Å². The average molecular weight is 324 g/mol. The lowest BCUT2D eigenvalue weighted by molar-refractivity contribution is -0.137. The highest BCUT2D eigenvalue weighted by Gasteiger charge is 2.19. The molecule has 6 nitrogen and oxygen atoms in total. The van der Waals surface area contributed by atoms with Gasteiger partial charge < -0.3 is 19.1 Å². The molecule has 0 bridgehead atoms. The predicted molar refractivity (Wildman–Crippen MR) is 88.4 cm³/mol. The summed E-state index contributed by atoms with van der Waals surface area (Å²) in [5, 5.41) is 9.30. The van der Waals surface area contributed by atoms with E-state index in [1.165, 1.54) is 0 Å². The Bertz CT molecular complexity index is 975. The summed E-state index contributed by atoms with van der Waals surface area (Å²) in [6.07, 6.45) is 0. The highest BCUT2D eigenvalue weighted by Crippen LogP contribution is 2.36. The van der Waals surface area contributed by atoms with Crippen LogP contribution in [0.2, 0.25) is 0 Å². The van der Waals surface area contributed by atoms with Crippen LogP contribution in [0.5, 0.6) is 11.5 Å². The van der Waals surface area contributed by atoms with E-state index in [1.807, 2.05) is 44.2 Å². The Morgan fingerprint density at radius 3 is 2.71 bits per heavy atom. The first-order chi connectivity index (χ1) is 11.5. The third-order valence-electron chi connectivity index (χ3n) is 4.29. The number of benzene rings is 2. The number of hydrogen-bond donors (Lipinski definition) is 1. The van der Waals surface area contributed by atoms with Gasteiger partial charge in [0.1, 0.15) is 12.4 Å². The molecule has 0 saturated heterocycles. The molecule has 1 aliphatic heterocycles. The normalized spacial score (nSPS) is 12.8. The lowest BCUT2D eigenvalue weighted by Crippen LogP contribution is -2.10. The minimum absolute atomic E-state index is 0.150. The molecule has 0 radical (unpaired) electrons. The van der Waals surface area contributed by atoms with Crippen molar-refractivity contribution in [1.29, 1.82) is 0 Å². The molecule has 2 aromatic carbocycles. The fraction of sp³-hybridized carbons (Fsp3) is 0.222. The number of carboxylic acid groups (broad SMARTS) is 1. The Kier molecular flexibility index (Phi) is 3.19. The van der Waals surface area contributed by atoms with Gasteiger partial charge in [0.05, 0.1) is 11.0 Å². The summed E-state index contributed by atoms with van der Waals surface area (Å²) in [7, 11) is 0. The molecule has 6 heteroatoms. The summed E-state index contributed by atoms with van der Waals surface area (Å²) in [5.41, 5.74) is 4.62. The maximum Gasteiger partial charge on any atom is 0.323 e. The van der Waals surface area contributed by atoms with Crippen LogP contribution in [0.3, 0.4) is 0 Å². The molecular formula is C18H16N2O4. The van der Waals surface area contributed by atoms with Gasteiger partial charge in [-0.1, -0.05) is 0 Å². The quantitative estimate of drug-likeness (QED) is 0.801. The number of aryl methyl sites for hydroxylation is 2. The van der Waals surface area contributed by atoms with Crippen molar-refractivity contribution in [2.45, 2.75) is 20.4 Å². The number of carboxylic acids is 1. The smallest absolute Gasteiger partial charge is 0.323 e. The van der Waals surface area contributed by atoms with Crippen LogP contribution in [0.1, 0.15) is 11.1 Å². The van der Waals surface area contributed by atoms with Crippen LogP contribution in [0.4, 0.5) is 0 Å². The minimum atomic E-state index is -0.908. The van der Waals surface area contributed by atoms with Crippen LogP contribution in [-0.2, 0) is 11.3 Å². The molecule has 122 valence electrons. The van der Waals surface area contributed by atoms with Crippen LogP contribution in [0, 0.1) is 13.8 Å². The van der Waals surface area contributed by atoms with Gasteiger partial charge in [0.15, 0.2) is 11.5 Å². The maximum atomic E-state index is 11.3. The maximum absolute atomic E-state index is 11.3. The first-order valence-electron chi connectivity index (χ1n) is 7.62. The Hall–Kier alpha value is -3.02. The predicted octanol–water partition coefficient (Wildman–Crippen LogP) is 3.13. The molecule has 1 aromatic heterocycles. The standard InChI is InChI=1S/C18H16N2O4/c1-10-5-13-14(6-11(10)2)20(8-17(21)22)18(19-13)12-3-4-15-16(7-12)24-9-23-15/h3-7H,8-9H2,1-2H3,(H,21,22). The second kappa shape index (κ2) is 5.26. The van der Waals surface area contributed by atoms with Gasteiger partial charge in [-0.2, -0.15) is 0 Å². The molecule has 0 atom stereocenters.